The van der Waals surface area contributed by atoms with Gasteiger partial charge >= 0.3 is 0 Å². The molecule has 2 N–H and O–H groups in total. The summed E-state index contributed by atoms with van der Waals surface area (Å²) in [5.74, 6) is 0.978. The molecular formula is C13H27NO. The molecule has 1 fully saturated rings. The summed E-state index contributed by atoms with van der Waals surface area (Å²) >= 11 is 0. The van der Waals surface area contributed by atoms with Crippen LogP contribution in [0.3, 0.4) is 0 Å². The Bertz CT molecular complexity index is 173. The highest BCUT2D eigenvalue weighted by atomic mass is 16.3. The molecule has 0 radical (unpaired) electrons. The van der Waals surface area contributed by atoms with E-state index in [9.17, 15) is 0 Å². The summed E-state index contributed by atoms with van der Waals surface area (Å²) in [4.78, 5) is 0. The number of aliphatic hydroxyl groups is 1. The van der Waals surface area contributed by atoms with Crippen LogP contribution < -0.4 is 5.32 Å². The lowest BCUT2D eigenvalue weighted by atomic mass is 9.97. The molecule has 0 bridgehead atoms. The van der Waals surface area contributed by atoms with Gasteiger partial charge in [0.05, 0.1) is 6.61 Å². The van der Waals surface area contributed by atoms with Crippen molar-refractivity contribution in [2.45, 2.75) is 70.9 Å². The minimum atomic E-state index is -0.130. The molecule has 0 amide bonds. The van der Waals surface area contributed by atoms with Gasteiger partial charge in [-0.25, -0.2) is 0 Å². The first kappa shape index (κ1) is 13.0. The topological polar surface area (TPSA) is 32.3 Å². The molecule has 1 aliphatic carbocycles. The van der Waals surface area contributed by atoms with Crippen LogP contribution in [0.25, 0.3) is 0 Å². The van der Waals surface area contributed by atoms with E-state index in [2.05, 4.69) is 26.1 Å². The first-order valence-corrected chi connectivity index (χ1v) is 6.42. The third-order valence-electron chi connectivity index (χ3n) is 3.52. The van der Waals surface area contributed by atoms with Crippen LogP contribution in [-0.2, 0) is 0 Å². The van der Waals surface area contributed by atoms with Crippen molar-refractivity contribution in [1.82, 2.24) is 5.32 Å². The van der Waals surface area contributed by atoms with Crippen molar-refractivity contribution in [3.05, 3.63) is 0 Å². The van der Waals surface area contributed by atoms with Crippen LogP contribution in [0.2, 0.25) is 0 Å². The maximum absolute atomic E-state index is 9.16. The Morgan fingerprint density at radius 3 is 2.47 bits per heavy atom. The van der Waals surface area contributed by atoms with Gasteiger partial charge in [0.2, 0.25) is 0 Å². The smallest absolute Gasteiger partial charge is 0.0607 e. The lowest BCUT2D eigenvalue weighted by Crippen LogP contribution is -2.47. The van der Waals surface area contributed by atoms with Gasteiger partial charge < -0.3 is 10.4 Å². The number of aliphatic hydroxyl groups excluding tert-OH is 1. The third-order valence-corrected chi connectivity index (χ3v) is 3.52. The fourth-order valence-electron chi connectivity index (χ4n) is 2.57. The van der Waals surface area contributed by atoms with E-state index in [0.29, 0.717) is 6.04 Å². The standard InChI is InChI=1S/C13H27NO/c1-11(14-13(2,3)10-15)8-9-12-6-4-5-7-12/h11-12,14-15H,4-10H2,1-3H3. The zero-order valence-corrected chi connectivity index (χ0v) is 10.6. The number of rotatable bonds is 6. The zero-order chi connectivity index (χ0) is 11.3. The highest BCUT2D eigenvalue weighted by Crippen LogP contribution is 2.29. The molecule has 2 heteroatoms. The van der Waals surface area contributed by atoms with Crippen molar-refractivity contribution in [2.24, 2.45) is 5.92 Å². The van der Waals surface area contributed by atoms with E-state index in [0.717, 1.165) is 5.92 Å². The van der Waals surface area contributed by atoms with Gasteiger partial charge in [-0.3, -0.25) is 0 Å². The minimum Gasteiger partial charge on any atom is -0.394 e. The van der Waals surface area contributed by atoms with Crippen molar-refractivity contribution in [1.29, 1.82) is 0 Å². The molecule has 0 saturated heterocycles. The molecule has 0 aromatic carbocycles. The summed E-state index contributed by atoms with van der Waals surface area (Å²) in [7, 11) is 0. The van der Waals surface area contributed by atoms with Gasteiger partial charge in [0.15, 0.2) is 0 Å². The van der Waals surface area contributed by atoms with Crippen LogP contribution in [0.1, 0.15) is 59.3 Å². The fourth-order valence-corrected chi connectivity index (χ4v) is 2.57. The normalized spacial score (nSPS) is 20.8. The van der Waals surface area contributed by atoms with E-state index >= 15 is 0 Å². The second-order valence-electron chi connectivity index (χ2n) is 5.82. The third kappa shape index (κ3) is 4.98. The molecular weight excluding hydrogens is 186 g/mol. The molecule has 2 nitrogen and oxygen atoms in total. The summed E-state index contributed by atoms with van der Waals surface area (Å²) in [6, 6.07) is 0.521. The van der Waals surface area contributed by atoms with Crippen LogP contribution in [0.4, 0.5) is 0 Å². The number of hydrogen-bond acceptors (Lipinski definition) is 2. The maximum atomic E-state index is 9.16. The molecule has 15 heavy (non-hydrogen) atoms. The van der Waals surface area contributed by atoms with Crippen molar-refractivity contribution in [2.75, 3.05) is 6.61 Å². The van der Waals surface area contributed by atoms with Crippen LogP contribution in [0.15, 0.2) is 0 Å². The van der Waals surface area contributed by atoms with Gasteiger partial charge in [-0.2, -0.15) is 0 Å². The van der Waals surface area contributed by atoms with Gasteiger partial charge in [-0.1, -0.05) is 25.7 Å². The van der Waals surface area contributed by atoms with E-state index in [1.807, 2.05) is 0 Å². The molecule has 1 unspecified atom stereocenters. The van der Waals surface area contributed by atoms with Crippen molar-refractivity contribution >= 4 is 0 Å². The van der Waals surface area contributed by atoms with E-state index in [1.54, 1.807) is 0 Å². The average molecular weight is 213 g/mol. The van der Waals surface area contributed by atoms with Gasteiger partial charge in [0.1, 0.15) is 0 Å². The predicted octanol–water partition coefficient (Wildman–Crippen LogP) is 2.71. The molecule has 1 rings (SSSR count). The maximum Gasteiger partial charge on any atom is 0.0607 e. The Kier molecular flexibility index (Phi) is 5.07. The number of hydrogen-bond donors (Lipinski definition) is 2. The van der Waals surface area contributed by atoms with Gasteiger partial charge in [-0.05, 0) is 39.5 Å². The summed E-state index contributed by atoms with van der Waals surface area (Å²) in [5.41, 5.74) is -0.130. The first-order valence-electron chi connectivity index (χ1n) is 6.42. The average Bonchev–Trinajstić information content (AvgIpc) is 2.66. The van der Waals surface area contributed by atoms with E-state index in [-0.39, 0.29) is 12.1 Å². The zero-order valence-electron chi connectivity index (χ0n) is 10.6. The fraction of sp³-hybridized carbons (Fsp3) is 1.00. The van der Waals surface area contributed by atoms with Crippen molar-refractivity contribution in [3.63, 3.8) is 0 Å². The van der Waals surface area contributed by atoms with Crippen molar-refractivity contribution in [3.8, 4) is 0 Å². The second kappa shape index (κ2) is 5.86. The lowest BCUT2D eigenvalue weighted by molar-refractivity contribution is 0.174. The summed E-state index contributed by atoms with van der Waals surface area (Å²) in [5, 5.41) is 12.6. The molecule has 0 spiro atoms. The highest BCUT2D eigenvalue weighted by Gasteiger charge is 2.20. The summed E-state index contributed by atoms with van der Waals surface area (Å²) in [6.45, 7) is 6.55. The Hall–Kier alpha value is -0.0800. The van der Waals surface area contributed by atoms with Crippen LogP contribution in [-0.4, -0.2) is 23.3 Å². The molecule has 1 aliphatic rings. The largest absolute Gasteiger partial charge is 0.394 e. The molecule has 1 saturated carbocycles. The molecule has 90 valence electrons. The predicted molar refractivity (Wildman–Crippen MR) is 65.0 cm³/mol. The Morgan fingerprint density at radius 1 is 1.33 bits per heavy atom. The van der Waals surface area contributed by atoms with Crippen LogP contribution >= 0.6 is 0 Å². The molecule has 0 aliphatic heterocycles. The van der Waals surface area contributed by atoms with Gasteiger partial charge in [0.25, 0.3) is 0 Å². The Balaban J connectivity index is 2.15. The Labute approximate surface area is 94.5 Å². The van der Waals surface area contributed by atoms with Crippen LogP contribution in [0, 0.1) is 5.92 Å². The van der Waals surface area contributed by atoms with Gasteiger partial charge in [0, 0.05) is 11.6 Å². The molecule has 0 aromatic rings. The van der Waals surface area contributed by atoms with Crippen molar-refractivity contribution < 1.29 is 5.11 Å². The number of nitrogens with one attached hydrogen (secondary N) is 1. The summed E-state index contributed by atoms with van der Waals surface area (Å²) < 4.78 is 0. The minimum absolute atomic E-state index is 0.130. The van der Waals surface area contributed by atoms with Crippen LogP contribution in [0.5, 0.6) is 0 Å². The second-order valence-corrected chi connectivity index (χ2v) is 5.82. The van der Waals surface area contributed by atoms with Gasteiger partial charge in [-0.15, -0.1) is 0 Å². The molecule has 1 atom stereocenters. The molecule has 0 heterocycles. The first-order chi connectivity index (χ1) is 7.03. The van der Waals surface area contributed by atoms with E-state index < -0.39 is 0 Å². The quantitative estimate of drug-likeness (QED) is 0.711. The van der Waals surface area contributed by atoms with E-state index in [4.69, 9.17) is 5.11 Å². The monoisotopic (exact) mass is 213 g/mol. The highest BCUT2D eigenvalue weighted by molar-refractivity contribution is 4.80. The summed E-state index contributed by atoms with van der Waals surface area (Å²) in [6.07, 6.45) is 8.36. The van der Waals surface area contributed by atoms with E-state index in [1.165, 1.54) is 38.5 Å². The Morgan fingerprint density at radius 2 is 1.93 bits per heavy atom. The SMILES string of the molecule is CC(CCC1CCCC1)NC(C)(C)CO. The molecule has 0 aromatic heterocycles. The lowest BCUT2D eigenvalue weighted by Gasteiger charge is -2.28.